The zero-order valence-electron chi connectivity index (χ0n) is 9.28. The zero-order valence-corrected chi connectivity index (χ0v) is 9.28. The molecule has 0 unspecified atom stereocenters. The number of hydrogen-bond acceptors (Lipinski definition) is 2. The van der Waals surface area contributed by atoms with Crippen LogP contribution in [0.4, 0.5) is 0 Å². The Morgan fingerprint density at radius 2 is 2.00 bits per heavy atom. The molecule has 1 spiro atoms. The minimum absolute atomic E-state index is 0.233. The minimum Gasteiger partial charge on any atom is -0.293 e. The second-order valence-corrected chi connectivity index (χ2v) is 4.99. The van der Waals surface area contributed by atoms with Crippen LogP contribution in [0.15, 0.2) is 35.9 Å². The molecule has 0 aromatic heterocycles. The highest BCUT2D eigenvalue weighted by atomic mass is 16.1. The molecule has 0 radical (unpaired) electrons. The van der Waals surface area contributed by atoms with Crippen LogP contribution in [0, 0.1) is 5.41 Å². The fourth-order valence-electron chi connectivity index (χ4n) is 2.68. The van der Waals surface area contributed by atoms with Gasteiger partial charge in [-0.2, -0.15) is 0 Å². The lowest BCUT2D eigenvalue weighted by Crippen LogP contribution is -2.20. The molecule has 1 aromatic rings. The highest BCUT2D eigenvalue weighted by molar-refractivity contribution is 5.59. The summed E-state index contributed by atoms with van der Waals surface area (Å²) < 4.78 is 0. The first kappa shape index (κ1) is 9.83. The quantitative estimate of drug-likeness (QED) is 0.701. The molecular formula is C14H15NO. The van der Waals surface area contributed by atoms with Gasteiger partial charge < -0.3 is 0 Å². The van der Waals surface area contributed by atoms with Crippen molar-refractivity contribution >= 4 is 5.94 Å². The van der Waals surface area contributed by atoms with Crippen LogP contribution in [0.3, 0.4) is 0 Å². The molecule has 1 heterocycles. The fraction of sp³-hybridized carbons (Fsp3) is 0.429. The molecule has 0 amide bonds. The summed E-state index contributed by atoms with van der Waals surface area (Å²) in [7, 11) is 0. The summed E-state index contributed by atoms with van der Waals surface area (Å²) in [5, 5.41) is 0. The van der Waals surface area contributed by atoms with E-state index in [0.29, 0.717) is 0 Å². The molecule has 1 saturated carbocycles. The maximum absolute atomic E-state index is 10.9. The van der Waals surface area contributed by atoms with Gasteiger partial charge in [-0.3, -0.25) is 4.90 Å². The van der Waals surface area contributed by atoms with E-state index in [4.69, 9.17) is 0 Å². The third-order valence-corrected chi connectivity index (χ3v) is 3.77. The Labute approximate surface area is 95.6 Å². The van der Waals surface area contributed by atoms with Gasteiger partial charge in [0.1, 0.15) is 5.94 Å². The van der Waals surface area contributed by atoms with Crippen LogP contribution in [-0.2, 0) is 11.3 Å². The number of likely N-dealkylation sites (tertiary alicyclic amines) is 1. The minimum atomic E-state index is 0.233. The lowest BCUT2D eigenvalue weighted by molar-refractivity contribution is 0.313. The van der Waals surface area contributed by atoms with Gasteiger partial charge in [-0.1, -0.05) is 30.3 Å². The average Bonchev–Trinajstić information content (AvgIpc) is 2.98. The summed E-state index contributed by atoms with van der Waals surface area (Å²) in [5.74, 6) is 2.16. The second kappa shape index (κ2) is 3.58. The number of carbonyl (C=O) groups excluding carboxylic acids is 1. The fourth-order valence-corrected chi connectivity index (χ4v) is 2.68. The van der Waals surface area contributed by atoms with Crippen LogP contribution < -0.4 is 0 Å². The van der Waals surface area contributed by atoms with Crippen molar-refractivity contribution in [2.75, 3.05) is 13.1 Å². The van der Waals surface area contributed by atoms with Crippen LogP contribution in [0.2, 0.25) is 0 Å². The van der Waals surface area contributed by atoms with Crippen LogP contribution in [0.25, 0.3) is 0 Å². The first-order chi connectivity index (χ1) is 7.82. The molecule has 2 nitrogen and oxygen atoms in total. The van der Waals surface area contributed by atoms with Gasteiger partial charge in [0.05, 0.1) is 0 Å². The summed E-state index contributed by atoms with van der Waals surface area (Å²) >= 11 is 0. The Hall–Kier alpha value is -1.37. The van der Waals surface area contributed by atoms with E-state index in [0.717, 1.165) is 25.2 Å². The average molecular weight is 213 g/mol. The topological polar surface area (TPSA) is 20.3 Å². The number of rotatable bonds is 2. The van der Waals surface area contributed by atoms with Crippen molar-refractivity contribution in [3.8, 4) is 0 Å². The Morgan fingerprint density at radius 1 is 1.25 bits per heavy atom. The predicted octanol–water partition coefficient (Wildman–Crippen LogP) is 2.04. The molecule has 82 valence electrons. The van der Waals surface area contributed by atoms with E-state index in [1.54, 1.807) is 0 Å². The molecule has 1 aliphatic carbocycles. The number of benzene rings is 1. The predicted molar refractivity (Wildman–Crippen MR) is 62.6 cm³/mol. The lowest BCUT2D eigenvalue weighted by Gasteiger charge is -2.14. The first-order valence-corrected chi connectivity index (χ1v) is 5.83. The largest absolute Gasteiger partial charge is 0.293 e. The highest BCUT2D eigenvalue weighted by Crippen LogP contribution is 2.55. The van der Waals surface area contributed by atoms with E-state index in [-0.39, 0.29) is 5.41 Å². The molecule has 1 saturated heterocycles. The molecule has 0 N–H and O–H groups in total. The van der Waals surface area contributed by atoms with Crippen molar-refractivity contribution in [1.29, 1.82) is 0 Å². The highest BCUT2D eigenvalue weighted by Gasteiger charge is 2.52. The van der Waals surface area contributed by atoms with Crippen molar-refractivity contribution in [3.05, 3.63) is 41.5 Å². The first-order valence-electron chi connectivity index (χ1n) is 5.83. The molecule has 2 fully saturated rings. The van der Waals surface area contributed by atoms with Gasteiger partial charge in [0.25, 0.3) is 0 Å². The molecule has 2 heteroatoms. The monoisotopic (exact) mass is 213 g/mol. The maximum atomic E-state index is 10.9. The Kier molecular flexibility index (Phi) is 2.20. The maximum Gasteiger partial charge on any atom is 0.125 e. The number of nitrogens with zero attached hydrogens (tertiary/aromatic N) is 1. The standard InChI is InChI=1S/C14H15NO/c16-10-13-9-15(11-14(13)6-7-14)8-12-4-2-1-3-5-12/h1-5H,6-9,11H2. The van der Waals surface area contributed by atoms with E-state index >= 15 is 0 Å². The van der Waals surface area contributed by atoms with Crippen molar-refractivity contribution < 1.29 is 4.79 Å². The normalized spacial score (nSPS) is 22.4. The van der Waals surface area contributed by atoms with Crippen LogP contribution in [0.1, 0.15) is 18.4 Å². The van der Waals surface area contributed by atoms with E-state index in [1.807, 2.05) is 6.07 Å². The van der Waals surface area contributed by atoms with Gasteiger partial charge in [-0.15, -0.1) is 0 Å². The van der Waals surface area contributed by atoms with Crippen LogP contribution in [-0.4, -0.2) is 23.9 Å². The van der Waals surface area contributed by atoms with Gasteiger partial charge >= 0.3 is 0 Å². The zero-order chi connectivity index (χ0) is 11.0. The molecule has 1 aromatic carbocycles. The Bertz CT molecular complexity index is 441. The third-order valence-electron chi connectivity index (χ3n) is 3.77. The third kappa shape index (κ3) is 1.60. The van der Waals surface area contributed by atoms with Crippen molar-refractivity contribution in [3.63, 3.8) is 0 Å². The molecule has 1 aliphatic heterocycles. The molecular weight excluding hydrogens is 198 g/mol. The second-order valence-electron chi connectivity index (χ2n) is 4.99. The smallest absolute Gasteiger partial charge is 0.125 e. The Balaban J connectivity index is 1.73. The van der Waals surface area contributed by atoms with Gasteiger partial charge in [0.15, 0.2) is 0 Å². The summed E-state index contributed by atoms with van der Waals surface area (Å²) in [6.07, 6.45) is 2.37. The van der Waals surface area contributed by atoms with E-state index in [1.165, 1.54) is 18.4 Å². The summed E-state index contributed by atoms with van der Waals surface area (Å²) in [5.41, 5.74) is 2.56. The molecule has 0 bridgehead atoms. The van der Waals surface area contributed by atoms with Crippen LogP contribution in [0.5, 0.6) is 0 Å². The van der Waals surface area contributed by atoms with Crippen LogP contribution >= 0.6 is 0 Å². The Morgan fingerprint density at radius 3 is 2.56 bits per heavy atom. The van der Waals surface area contributed by atoms with Gasteiger partial charge in [0.2, 0.25) is 0 Å². The van der Waals surface area contributed by atoms with Gasteiger partial charge in [-0.05, 0) is 18.4 Å². The molecule has 0 atom stereocenters. The van der Waals surface area contributed by atoms with E-state index < -0.39 is 0 Å². The van der Waals surface area contributed by atoms with Crippen molar-refractivity contribution in [1.82, 2.24) is 4.90 Å². The van der Waals surface area contributed by atoms with Crippen molar-refractivity contribution in [2.45, 2.75) is 19.4 Å². The van der Waals surface area contributed by atoms with E-state index in [2.05, 4.69) is 35.1 Å². The SMILES string of the molecule is O=C=C1CN(Cc2ccccc2)CC12CC2. The molecule has 2 aliphatic rings. The summed E-state index contributed by atoms with van der Waals surface area (Å²) in [6, 6.07) is 10.4. The van der Waals surface area contributed by atoms with Gasteiger partial charge in [-0.25, -0.2) is 4.79 Å². The molecule has 3 rings (SSSR count). The lowest BCUT2D eigenvalue weighted by atomic mass is 10.0. The van der Waals surface area contributed by atoms with Crippen molar-refractivity contribution in [2.24, 2.45) is 5.41 Å². The van der Waals surface area contributed by atoms with E-state index in [9.17, 15) is 4.79 Å². The number of hydrogen-bond donors (Lipinski definition) is 0. The summed E-state index contributed by atoms with van der Waals surface area (Å²) in [6.45, 7) is 2.82. The summed E-state index contributed by atoms with van der Waals surface area (Å²) in [4.78, 5) is 13.2. The van der Waals surface area contributed by atoms with Gasteiger partial charge in [0, 0.05) is 30.6 Å². The molecule has 16 heavy (non-hydrogen) atoms.